The molecule has 0 aromatic carbocycles. The van der Waals surface area contributed by atoms with Crippen LogP contribution in [-0.4, -0.2) is 14.5 Å². The van der Waals surface area contributed by atoms with Gasteiger partial charge in [-0.25, -0.2) is 4.98 Å². The molecule has 0 spiro atoms. The highest BCUT2D eigenvalue weighted by Crippen LogP contribution is 2.25. The number of hydrogen-bond acceptors (Lipinski definition) is 4. The maximum absolute atomic E-state index is 12.2. The number of nitrogens with zero attached hydrogens (tertiary/aromatic N) is 4. The monoisotopic (exact) mass is 337 g/mol. The molecule has 0 saturated carbocycles. The molecule has 0 saturated heterocycles. The Bertz CT molecular complexity index is 891. The van der Waals surface area contributed by atoms with Gasteiger partial charge in [-0.15, -0.1) is 0 Å². The third-order valence-corrected chi connectivity index (χ3v) is 4.46. The molecule has 2 N–H and O–H groups in total. The number of pyridine rings is 1. The van der Waals surface area contributed by atoms with Gasteiger partial charge in [-0.2, -0.15) is 9.71 Å². The van der Waals surface area contributed by atoms with Crippen molar-refractivity contribution in [3.63, 3.8) is 0 Å². The molecule has 3 heterocycles. The van der Waals surface area contributed by atoms with E-state index in [0.717, 1.165) is 15.9 Å². The van der Waals surface area contributed by atoms with Crippen LogP contribution in [0.3, 0.4) is 0 Å². The first kappa shape index (κ1) is 14.9. The molecule has 0 aliphatic heterocycles. The number of aromatic nitrogens is 4. The van der Waals surface area contributed by atoms with Crippen LogP contribution in [0.15, 0.2) is 18.5 Å². The van der Waals surface area contributed by atoms with E-state index in [9.17, 15) is 5.21 Å². The van der Waals surface area contributed by atoms with Crippen LogP contribution in [0.1, 0.15) is 16.8 Å². The summed E-state index contributed by atoms with van der Waals surface area (Å²) in [5, 5.41) is 13.7. The Balaban J connectivity index is 2.14. The van der Waals surface area contributed by atoms with Gasteiger partial charge in [-0.05, 0) is 19.9 Å². The highest BCUT2D eigenvalue weighted by atomic mass is 35.5. The summed E-state index contributed by atoms with van der Waals surface area (Å²) in [6, 6.07) is 1.79. The van der Waals surface area contributed by atoms with Gasteiger partial charge in [0, 0.05) is 17.3 Å². The van der Waals surface area contributed by atoms with Crippen molar-refractivity contribution in [1.29, 1.82) is 0 Å². The summed E-state index contributed by atoms with van der Waals surface area (Å²) in [6.45, 7) is 3.93. The van der Waals surface area contributed by atoms with E-state index in [-0.39, 0.29) is 11.1 Å². The minimum Gasteiger partial charge on any atom is -0.618 e. The number of fused-ring (bicyclic) bond motifs is 1. The third-order valence-electron chi connectivity index (χ3n) is 3.59. The van der Waals surface area contributed by atoms with Crippen LogP contribution in [0.2, 0.25) is 10.2 Å². The molecule has 0 bridgehead atoms. The smallest absolute Gasteiger partial charge is 0.223 e. The molecule has 114 valence electrons. The Morgan fingerprint density at radius 1 is 1.32 bits per heavy atom. The predicted molar refractivity (Wildman–Crippen MR) is 85.9 cm³/mol. The number of hydrogen-bond donors (Lipinski definition) is 1. The zero-order valence-corrected chi connectivity index (χ0v) is 13.5. The first-order chi connectivity index (χ1) is 10.4. The number of aryl methyl sites for hydroxylation is 1. The van der Waals surface area contributed by atoms with Crippen LogP contribution >= 0.6 is 23.2 Å². The standard InChI is InChI=1S/C14H13Cl2N5O/c1-7-5-21(22)10(8(2)11(7)15)6-20-4-3-9-12(16)18-14(17)19-13(9)20/h3-5H,6H2,1-2H3,(H2,17,18,19). The molecule has 0 amide bonds. The largest absolute Gasteiger partial charge is 0.618 e. The molecule has 0 radical (unpaired) electrons. The Morgan fingerprint density at radius 3 is 2.77 bits per heavy atom. The Kier molecular flexibility index (Phi) is 3.58. The van der Waals surface area contributed by atoms with E-state index in [4.69, 9.17) is 28.9 Å². The van der Waals surface area contributed by atoms with Crippen molar-refractivity contribution in [1.82, 2.24) is 14.5 Å². The zero-order chi connectivity index (χ0) is 16.0. The van der Waals surface area contributed by atoms with Gasteiger partial charge in [0.2, 0.25) is 11.6 Å². The normalized spacial score (nSPS) is 11.3. The van der Waals surface area contributed by atoms with Crippen LogP contribution < -0.4 is 10.5 Å². The van der Waals surface area contributed by atoms with E-state index in [1.54, 1.807) is 23.8 Å². The van der Waals surface area contributed by atoms with Crippen molar-refractivity contribution in [3.05, 3.63) is 50.7 Å². The molecule has 0 unspecified atom stereocenters. The van der Waals surface area contributed by atoms with Crippen LogP contribution in [0.5, 0.6) is 0 Å². The second-order valence-corrected chi connectivity index (χ2v) is 5.81. The summed E-state index contributed by atoms with van der Waals surface area (Å²) >= 11 is 12.3. The highest BCUT2D eigenvalue weighted by Gasteiger charge is 2.18. The molecule has 8 heteroatoms. The van der Waals surface area contributed by atoms with Crippen LogP contribution in [-0.2, 0) is 6.54 Å². The van der Waals surface area contributed by atoms with Crippen molar-refractivity contribution in [2.24, 2.45) is 0 Å². The molecule has 0 fully saturated rings. The second kappa shape index (κ2) is 5.30. The number of nitrogen functional groups attached to an aromatic ring is 1. The fourth-order valence-corrected chi connectivity index (χ4v) is 2.81. The molecule has 3 rings (SSSR count). The maximum atomic E-state index is 12.2. The molecule has 0 atom stereocenters. The summed E-state index contributed by atoms with van der Waals surface area (Å²) < 4.78 is 2.62. The number of rotatable bonds is 2. The fraction of sp³-hybridized carbons (Fsp3) is 0.214. The van der Waals surface area contributed by atoms with Gasteiger partial charge in [-0.1, -0.05) is 23.2 Å². The Morgan fingerprint density at radius 2 is 2.05 bits per heavy atom. The summed E-state index contributed by atoms with van der Waals surface area (Å²) in [7, 11) is 0. The Hall–Kier alpha value is -2.05. The SMILES string of the molecule is Cc1c[n+]([O-])c(Cn2ccc3c(Cl)nc(N)nc32)c(C)c1Cl. The lowest BCUT2D eigenvalue weighted by atomic mass is 10.1. The van der Waals surface area contributed by atoms with E-state index in [1.165, 1.54) is 6.20 Å². The molecular formula is C14H13Cl2N5O. The molecular weight excluding hydrogens is 325 g/mol. The van der Waals surface area contributed by atoms with E-state index in [0.29, 0.717) is 28.3 Å². The molecule has 6 nitrogen and oxygen atoms in total. The average Bonchev–Trinajstić information content (AvgIpc) is 2.84. The fourth-order valence-electron chi connectivity index (χ4n) is 2.42. The minimum absolute atomic E-state index is 0.0890. The van der Waals surface area contributed by atoms with E-state index >= 15 is 0 Å². The molecule has 22 heavy (non-hydrogen) atoms. The zero-order valence-electron chi connectivity index (χ0n) is 12.0. The number of nitrogens with two attached hydrogens (primary N) is 1. The molecule has 0 aliphatic rings. The van der Waals surface area contributed by atoms with Crippen molar-refractivity contribution in [2.45, 2.75) is 20.4 Å². The predicted octanol–water partition coefficient (Wildman–Crippen LogP) is 2.62. The Labute approximate surface area is 136 Å². The lowest BCUT2D eigenvalue weighted by Gasteiger charge is -2.12. The third kappa shape index (κ3) is 2.34. The van der Waals surface area contributed by atoms with Gasteiger partial charge in [0.25, 0.3) is 0 Å². The number of halogens is 2. The van der Waals surface area contributed by atoms with E-state index in [1.807, 2.05) is 6.92 Å². The van der Waals surface area contributed by atoms with Crippen LogP contribution in [0, 0.1) is 19.1 Å². The summed E-state index contributed by atoms with van der Waals surface area (Å²) in [6.07, 6.45) is 3.25. The quantitative estimate of drug-likeness (QED) is 0.442. The number of anilines is 1. The summed E-state index contributed by atoms with van der Waals surface area (Å²) in [4.78, 5) is 8.11. The first-order valence-electron chi connectivity index (χ1n) is 6.54. The van der Waals surface area contributed by atoms with Crippen molar-refractivity contribution in [3.8, 4) is 0 Å². The van der Waals surface area contributed by atoms with E-state index in [2.05, 4.69) is 9.97 Å². The van der Waals surface area contributed by atoms with Crippen LogP contribution in [0.25, 0.3) is 11.0 Å². The molecule has 0 aliphatic carbocycles. The van der Waals surface area contributed by atoms with E-state index < -0.39 is 0 Å². The van der Waals surface area contributed by atoms with Crippen LogP contribution in [0.4, 0.5) is 5.95 Å². The molecule has 3 aromatic rings. The van der Waals surface area contributed by atoms with Gasteiger partial charge >= 0.3 is 0 Å². The maximum Gasteiger partial charge on any atom is 0.223 e. The van der Waals surface area contributed by atoms with Crippen molar-refractivity contribution in [2.75, 3.05) is 5.73 Å². The van der Waals surface area contributed by atoms with Gasteiger partial charge in [-0.3, -0.25) is 0 Å². The van der Waals surface area contributed by atoms with Gasteiger partial charge in [0.1, 0.15) is 17.3 Å². The van der Waals surface area contributed by atoms with Gasteiger partial charge in [0.05, 0.1) is 10.4 Å². The average molecular weight is 338 g/mol. The van der Waals surface area contributed by atoms with Gasteiger partial charge < -0.3 is 15.5 Å². The minimum atomic E-state index is 0.0890. The molecule has 3 aromatic heterocycles. The van der Waals surface area contributed by atoms with Crippen molar-refractivity contribution >= 4 is 40.2 Å². The second-order valence-electron chi connectivity index (χ2n) is 5.08. The highest BCUT2D eigenvalue weighted by molar-refractivity contribution is 6.34. The lowest BCUT2D eigenvalue weighted by molar-refractivity contribution is -0.615. The summed E-state index contributed by atoms with van der Waals surface area (Å²) in [5.74, 6) is 0.0890. The van der Waals surface area contributed by atoms with Crippen molar-refractivity contribution < 1.29 is 4.73 Å². The summed E-state index contributed by atoms with van der Waals surface area (Å²) in [5.41, 5.74) is 8.25. The lowest BCUT2D eigenvalue weighted by Crippen LogP contribution is -2.34. The van der Waals surface area contributed by atoms with Gasteiger partial charge in [0.15, 0.2) is 6.20 Å². The first-order valence-corrected chi connectivity index (χ1v) is 7.29. The topological polar surface area (TPSA) is 83.7 Å².